The maximum Gasteiger partial charge on any atom is 0.278 e. The van der Waals surface area contributed by atoms with Gasteiger partial charge in [-0.25, -0.2) is 4.90 Å². The standard InChI is InChI=1S/C17H10BrN3O5/c18-10-4-2-5-11(8-10)20-16(22)13-14(19-26-15(13)17(20)23)9-3-1-6-12(7-9)21(24)25/h1-8,13,15H/t13-,15-/m0/s1. The van der Waals surface area contributed by atoms with Crippen LogP contribution in [0.2, 0.25) is 0 Å². The van der Waals surface area contributed by atoms with Crippen LogP contribution in [0.1, 0.15) is 5.56 Å². The van der Waals surface area contributed by atoms with Crippen molar-refractivity contribution in [2.45, 2.75) is 6.10 Å². The van der Waals surface area contributed by atoms with Gasteiger partial charge < -0.3 is 4.84 Å². The number of anilines is 1. The zero-order chi connectivity index (χ0) is 18.4. The molecule has 4 rings (SSSR count). The highest BCUT2D eigenvalue weighted by Crippen LogP contribution is 2.36. The number of rotatable bonds is 3. The summed E-state index contributed by atoms with van der Waals surface area (Å²) in [4.78, 5) is 42.3. The molecule has 26 heavy (non-hydrogen) atoms. The predicted molar refractivity (Wildman–Crippen MR) is 94.6 cm³/mol. The van der Waals surface area contributed by atoms with Crippen LogP contribution >= 0.6 is 15.9 Å². The Labute approximate surface area is 155 Å². The molecule has 2 aromatic rings. The molecule has 2 amide bonds. The van der Waals surface area contributed by atoms with E-state index in [1.165, 1.54) is 18.2 Å². The molecule has 0 bridgehead atoms. The van der Waals surface area contributed by atoms with Crippen LogP contribution in [-0.4, -0.2) is 28.6 Å². The zero-order valence-corrected chi connectivity index (χ0v) is 14.6. The van der Waals surface area contributed by atoms with Crippen LogP contribution in [0.25, 0.3) is 0 Å². The summed E-state index contributed by atoms with van der Waals surface area (Å²) in [5, 5.41) is 14.8. The molecule has 1 saturated heterocycles. The Morgan fingerprint density at radius 2 is 1.88 bits per heavy atom. The quantitative estimate of drug-likeness (QED) is 0.435. The van der Waals surface area contributed by atoms with Crippen LogP contribution < -0.4 is 4.90 Å². The maximum absolute atomic E-state index is 12.9. The lowest BCUT2D eigenvalue weighted by atomic mass is 9.94. The fourth-order valence-electron chi connectivity index (χ4n) is 3.06. The Bertz CT molecular complexity index is 990. The van der Waals surface area contributed by atoms with E-state index in [0.717, 1.165) is 9.37 Å². The molecule has 2 heterocycles. The van der Waals surface area contributed by atoms with E-state index >= 15 is 0 Å². The van der Waals surface area contributed by atoms with Gasteiger partial charge in [0.2, 0.25) is 12.0 Å². The zero-order valence-electron chi connectivity index (χ0n) is 13.0. The van der Waals surface area contributed by atoms with Gasteiger partial charge in [-0.1, -0.05) is 39.3 Å². The Hall–Kier alpha value is -3.07. The van der Waals surface area contributed by atoms with Crippen LogP contribution in [0.15, 0.2) is 58.2 Å². The van der Waals surface area contributed by atoms with Crippen molar-refractivity contribution in [1.82, 2.24) is 0 Å². The van der Waals surface area contributed by atoms with Gasteiger partial charge in [0.05, 0.1) is 10.6 Å². The fraction of sp³-hybridized carbons (Fsp3) is 0.118. The van der Waals surface area contributed by atoms with Gasteiger partial charge in [0, 0.05) is 22.2 Å². The van der Waals surface area contributed by atoms with E-state index in [0.29, 0.717) is 11.3 Å². The number of non-ortho nitro benzene ring substituents is 1. The molecule has 2 aliphatic rings. The maximum atomic E-state index is 12.9. The first-order valence-electron chi connectivity index (χ1n) is 7.59. The largest absolute Gasteiger partial charge is 0.381 e. The first kappa shape index (κ1) is 16.4. The van der Waals surface area contributed by atoms with Crippen LogP contribution in [0.5, 0.6) is 0 Å². The summed E-state index contributed by atoms with van der Waals surface area (Å²) in [6, 6.07) is 12.5. The summed E-state index contributed by atoms with van der Waals surface area (Å²) in [5.74, 6) is -1.91. The van der Waals surface area contributed by atoms with Crippen molar-refractivity contribution in [2.24, 2.45) is 11.1 Å². The number of fused-ring (bicyclic) bond motifs is 1. The van der Waals surface area contributed by atoms with Crippen LogP contribution in [0.4, 0.5) is 11.4 Å². The lowest BCUT2D eigenvalue weighted by Crippen LogP contribution is -2.33. The number of amides is 2. The molecule has 0 saturated carbocycles. The van der Waals surface area contributed by atoms with E-state index in [9.17, 15) is 19.7 Å². The molecular formula is C17H10BrN3O5. The lowest BCUT2D eigenvalue weighted by Gasteiger charge is -2.15. The van der Waals surface area contributed by atoms with Crippen molar-refractivity contribution >= 4 is 44.8 Å². The van der Waals surface area contributed by atoms with Gasteiger partial charge in [0.25, 0.3) is 11.6 Å². The first-order valence-corrected chi connectivity index (χ1v) is 8.38. The van der Waals surface area contributed by atoms with Crippen LogP contribution in [0.3, 0.4) is 0 Å². The van der Waals surface area contributed by atoms with Crippen LogP contribution in [-0.2, 0) is 14.4 Å². The average Bonchev–Trinajstić information content (AvgIpc) is 3.16. The first-order chi connectivity index (χ1) is 12.5. The molecule has 0 aromatic heterocycles. The molecule has 0 spiro atoms. The third-order valence-corrected chi connectivity index (χ3v) is 4.72. The van der Waals surface area contributed by atoms with Crippen molar-refractivity contribution in [3.8, 4) is 0 Å². The average molecular weight is 416 g/mol. The lowest BCUT2D eigenvalue weighted by molar-refractivity contribution is -0.384. The number of hydrogen-bond acceptors (Lipinski definition) is 6. The van der Waals surface area contributed by atoms with E-state index in [1.807, 2.05) is 0 Å². The highest BCUT2D eigenvalue weighted by atomic mass is 79.9. The molecule has 2 atom stereocenters. The number of nitro groups is 1. The molecule has 0 unspecified atom stereocenters. The van der Waals surface area contributed by atoms with E-state index in [1.54, 1.807) is 30.3 Å². The number of hydrogen-bond donors (Lipinski definition) is 0. The summed E-state index contributed by atoms with van der Waals surface area (Å²) in [5.41, 5.74) is 0.888. The van der Waals surface area contributed by atoms with E-state index in [2.05, 4.69) is 21.1 Å². The molecule has 0 N–H and O–H groups in total. The van der Waals surface area contributed by atoms with Gasteiger partial charge in [-0.05, 0) is 18.2 Å². The Kier molecular flexibility index (Phi) is 3.80. The van der Waals surface area contributed by atoms with E-state index < -0.39 is 28.8 Å². The second-order valence-corrected chi connectivity index (χ2v) is 6.70. The molecule has 8 nitrogen and oxygen atoms in total. The van der Waals surface area contributed by atoms with Crippen LogP contribution in [0, 0.1) is 16.0 Å². The smallest absolute Gasteiger partial charge is 0.278 e. The molecule has 9 heteroatoms. The van der Waals surface area contributed by atoms with Gasteiger partial charge >= 0.3 is 0 Å². The Morgan fingerprint density at radius 3 is 2.62 bits per heavy atom. The number of oxime groups is 1. The molecule has 2 aliphatic heterocycles. The molecule has 1 fully saturated rings. The van der Waals surface area contributed by atoms with Gasteiger partial charge in [0.1, 0.15) is 11.6 Å². The third-order valence-electron chi connectivity index (χ3n) is 4.23. The van der Waals surface area contributed by atoms with Gasteiger partial charge in [0.15, 0.2) is 0 Å². The van der Waals surface area contributed by atoms with Crippen molar-refractivity contribution in [3.63, 3.8) is 0 Å². The SMILES string of the molecule is O=C1[C@H]2C(c3cccc([N+](=O)[O-])c3)=NO[C@@H]2C(=O)N1c1cccc(Br)c1. The van der Waals surface area contributed by atoms with Crippen molar-refractivity contribution in [3.05, 3.63) is 68.7 Å². The second kappa shape index (κ2) is 6.03. The van der Waals surface area contributed by atoms with Crippen molar-refractivity contribution in [2.75, 3.05) is 4.90 Å². The van der Waals surface area contributed by atoms with Gasteiger partial charge in [-0.2, -0.15) is 0 Å². The van der Waals surface area contributed by atoms with E-state index in [4.69, 9.17) is 4.84 Å². The summed E-state index contributed by atoms with van der Waals surface area (Å²) < 4.78 is 0.723. The van der Waals surface area contributed by atoms with E-state index in [-0.39, 0.29) is 11.4 Å². The number of carbonyl (C=O) groups is 2. The second-order valence-electron chi connectivity index (χ2n) is 5.78. The monoisotopic (exact) mass is 415 g/mol. The van der Waals surface area contributed by atoms with Gasteiger partial charge in [-0.3, -0.25) is 19.7 Å². The number of nitrogens with zero attached hydrogens (tertiary/aromatic N) is 3. The minimum Gasteiger partial charge on any atom is -0.381 e. The highest BCUT2D eigenvalue weighted by molar-refractivity contribution is 9.10. The van der Waals surface area contributed by atoms with Crippen molar-refractivity contribution in [1.29, 1.82) is 0 Å². The minimum absolute atomic E-state index is 0.130. The molecular weight excluding hydrogens is 406 g/mol. The summed E-state index contributed by atoms with van der Waals surface area (Å²) in [6.07, 6.45) is -1.06. The normalized spacial score (nSPS) is 21.4. The molecule has 2 aromatic carbocycles. The topological polar surface area (TPSA) is 102 Å². The number of benzene rings is 2. The number of nitro benzene ring substituents is 1. The summed E-state index contributed by atoms with van der Waals surface area (Å²) in [6.45, 7) is 0. The summed E-state index contributed by atoms with van der Waals surface area (Å²) >= 11 is 3.31. The summed E-state index contributed by atoms with van der Waals surface area (Å²) in [7, 11) is 0. The number of carbonyl (C=O) groups excluding carboxylic acids is 2. The molecule has 130 valence electrons. The number of halogens is 1. The fourth-order valence-corrected chi connectivity index (χ4v) is 3.45. The Balaban J connectivity index is 1.71. The number of imide groups is 1. The predicted octanol–water partition coefficient (Wildman–Crippen LogP) is 2.65. The Morgan fingerprint density at radius 1 is 1.12 bits per heavy atom. The minimum atomic E-state index is -1.06. The molecule has 0 aliphatic carbocycles. The highest BCUT2D eigenvalue weighted by Gasteiger charge is 2.56. The van der Waals surface area contributed by atoms with Gasteiger partial charge in [-0.15, -0.1) is 0 Å². The third kappa shape index (κ3) is 2.48. The molecule has 0 radical (unpaired) electrons. The van der Waals surface area contributed by atoms with Crippen molar-refractivity contribution < 1.29 is 19.3 Å².